The molecule has 0 aromatic rings. The minimum absolute atomic E-state index is 0.0432. The standard InChI is InChI=1S/C15H24N2O3/c1-10-4-3-7-16(8-10)15(20)17-9-11-5-2-6-12(11)13(17)14(18)19/h10-13H,2-9H2,1H3,(H,18,19). The second-order valence-electron chi connectivity index (χ2n) is 6.77. The Morgan fingerprint density at radius 1 is 1.10 bits per heavy atom. The number of carboxylic acid groups (broad SMARTS) is 1. The molecule has 20 heavy (non-hydrogen) atoms. The Labute approximate surface area is 119 Å². The number of nitrogens with zero attached hydrogens (tertiary/aromatic N) is 2. The third kappa shape index (κ3) is 2.27. The van der Waals surface area contributed by atoms with E-state index in [1.54, 1.807) is 4.90 Å². The van der Waals surface area contributed by atoms with E-state index < -0.39 is 12.0 Å². The van der Waals surface area contributed by atoms with Gasteiger partial charge in [-0.3, -0.25) is 0 Å². The van der Waals surface area contributed by atoms with Gasteiger partial charge in [-0.05, 0) is 43.4 Å². The van der Waals surface area contributed by atoms with E-state index in [1.807, 2.05) is 4.90 Å². The van der Waals surface area contributed by atoms with Crippen LogP contribution >= 0.6 is 0 Å². The van der Waals surface area contributed by atoms with Gasteiger partial charge in [-0.25, -0.2) is 9.59 Å². The highest BCUT2D eigenvalue weighted by molar-refractivity contribution is 5.84. The van der Waals surface area contributed by atoms with Crippen molar-refractivity contribution in [3.8, 4) is 0 Å². The zero-order valence-corrected chi connectivity index (χ0v) is 12.1. The van der Waals surface area contributed by atoms with Crippen molar-refractivity contribution in [1.82, 2.24) is 9.80 Å². The zero-order valence-electron chi connectivity index (χ0n) is 12.1. The normalized spacial score (nSPS) is 37.0. The lowest BCUT2D eigenvalue weighted by atomic mass is 9.94. The summed E-state index contributed by atoms with van der Waals surface area (Å²) in [5.41, 5.74) is 0. The average molecular weight is 280 g/mol. The number of aliphatic carboxylic acids is 1. The van der Waals surface area contributed by atoms with E-state index in [1.165, 1.54) is 0 Å². The van der Waals surface area contributed by atoms with Crippen molar-refractivity contribution in [3.05, 3.63) is 0 Å². The van der Waals surface area contributed by atoms with Crippen molar-refractivity contribution in [2.45, 2.75) is 45.1 Å². The molecule has 1 saturated carbocycles. The summed E-state index contributed by atoms with van der Waals surface area (Å²) < 4.78 is 0. The lowest BCUT2D eigenvalue weighted by molar-refractivity contribution is -0.142. The molecule has 1 aliphatic carbocycles. The van der Waals surface area contributed by atoms with Crippen molar-refractivity contribution < 1.29 is 14.7 Å². The smallest absolute Gasteiger partial charge is 0.326 e. The average Bonchev–Trinajstić information content (AvgIpc) is 2.96. The summed E-state index contributed by atoms with van der Waals surface area (Å²) in [5, 5.41) is 9.52. The number of piperidine rings is 1. The Morgan fingerprint density at radius 3 is 2.60 bits per heavy atom. The maximum atomic E-state index is 12.7. The SMILES string of the molecule is CC1CCCN(C(=O)N2CC3CCCC3C2C(=O)O)C1. The Morgan fingerprint density at radius 2 is 1.90 bits per heavy atom. The van der Waals surface area contributed by atoms with E-state index in [0.29, 0.717) is 18.4 Å². The second-order valence-corrected chi connectivity index (χ2v) is 6.77. The number of fused-ring (bicyclic) bond motifs is 1. The summed E-state index contributed by atoms with van der Waals surface area (Å²) in [6, 6.07) is -0.634. The third-order valence-corrected chi connectivity index (χ3v) is 5.32. The maximum Gasteiger partial charge on any atom is 0.326 e. The topological polar surface area (TPSA) is 60.9 Å². The molecule has 4 unspecified atom stereocenters. The van der Waals surface area contributed by atoms with Crippen LogP contribution < -0.4 is 0 Å². The van der Waals surface area contributed by atoms with Crippen LogP contribution in [0.1, 0.15) is 39.0 Å². The van der Waals surface area contributed by atoms with Gasteiger partial charge in [0.25, 0.3) is 0 Å². The molecule has 1 N–H and O–H groups in total. The highest BCUT2D eigenvalue weighted by Crippen LogP contribution is 2.42. The zero-order chi connectivity index (χ0) is 14.3. The number of rotatable bonds is 1. The van der Waals surface area contributed by atoms with Gasteiger partial charge in [0.2, 0.25) is 0 Å². The van der Waals surface area contributed by atoms with Gasteiger partial charge in [-0.2, -0.15) is 0 Å². The molecule has 2 amide bonds. The van der Waals surface area contributed by atoms with Gasteiger partial charge in [0, 0.05) is 19.6 Å². The number of urea groups is 1. The molecule has 5 nitrogen and oxygen atoms in total. The van der Waals surface area contributed by atoms with E-state index in [0.717, 1.165) is 45.2 Å². The maximum absolute atomic E-state index is 12.7. The molecule has 3 fully saturated rings. The molecule has 4 atom stereocenters. The highest BCUT2D eigenvalue weighted by Gasteiger charge is 2.50. The summed E-state index contributed by atoms with van der Waals surface area (Å²) in [6.07, 6.45) is 5.35. The largest absolute Gasteiger partial charge is 0.480 e. The number of carbonyl (C=O) groups excluding carboxylic acids is 1. The van der Waals surface area contributed by atoms with Crippen molar-refractivity contribution in [1.29, 1.82) is 0 Å². The van der Waals surface area contributed by atoms with E-state index >= 15 is 0 Å². The lowest BCUT2D eigenvalue weighted by Gasteiger charge is -2.35. The lowest BCUT2D eigenvalue weighted by Crippen LogP contribution is -2.51. The molecule has 0 aromatic heterocycles. The minimum Gasteiger partial charge on any atom is -0.480 e. The van der Waals surface area contributed by atoms with Gasteiger partial charge < -0.3 is 14.9 Å². The molecule has 0 spiro atoms. The van der Waals surface area contributed by atoms with Crippen molar-refractivity contribution in [3.63, 3.8) is 0 Å². The van der Waals surface area contributed by atoms with Crippen molar-refractivity contribution in [2.75, 3.05) is 19.6 Å². The summed E-state index contributed by atoms with van der Waals surface area (Å²) in [6.45, 7) is 4.36. The van der Waals surface area contributed by atoms with Gasteiger partial charge in [0.15, 0.2) is 0 Å². The highest BCUT2D eigenvalue weighted by atomic mass is 16.4. The van der Waals surface area contributed by atoms with Crippen LogP contribution in [0, 0.1) is 17.8 Å². The molecule has 2 heterocycles. The Bertz CT molecular complexity index is 412. The van der Waals surface area contributed by atoms with Crippen molar-refractivity contribution >= 4 is 12.0 Å². The first-order valence-electron chi connectivity index (χ1n) is 7.86. The van der Waals surface area contributed by atoms with E-state index in [-0.39, 0.29) is 11.9 Å². The van der Waals surface area contributed by atoms with Crippen LogP contribution in [0.5, 0.6) is 0 Å². The van der Waals surface area contributed by atoms with E-state index in [9.17, 15) is 14.7 Å². The first-order valence-corrected chi connectivity index (χ1v) is 7.86. The van der Waals surface area contributed by atoms with Crippen LogP contribution in [0.4, 0.5) is 4.79 Å². The van der Waals surface area contributed by atoms with Crippen LogP contribution in [0.3, 0.4) is 0 Å². The van der Waals surface area contributed by atoms with Crippen LogP contribution in [0.2, 0.25) is 0 Å². The Kier molecular flexibility index (Phi) is 3.61. The predicted molar refractivity (Wildman–Crippen MR) is 74.3 cm³/mol. The van der Waals surface area contributed by atoms with E-state index in [4.69, 9.17) is 0 Å². The summed E-state index contributed by atoms with van der Waals surface area (Å²) in [4.78, 5) is 27.8. The molecule has 2 saturated heterocycles. The molecule has 2 aliphatic heterocycles. The number of hydrogen-bond donors (Lipinski definition) is 1. The fourth-order valence-electron chi connectivity index (χ4n) is 4.36. The van der Waals surface area contributed by atoms with Crippen LogP contribution in [0.25, 0.3) is 0 Å². The molecule has 112 valence electrons. The van der Waals surface area contributed by atoms with Gasteiger partial charge in [0.05, 0.1) is 0 Å². The second kappa shape index (κ2) is 5.26. The van der Waals surface area contributed by atoms with E-state index in [2.05, 4.69) is 6.92 Å². The first kappa shape index (κ1) is 13.7. The quantitative estimate of drug-likeness (QED) is 0.799. The number of likely N-dealkylation sites (tertiary alicyclic amines) is 2. The Hall–Kier alpha value is -1.26. The summed E-state index contributed by atoms with van der Waals surface area (Å²) >= 11 is 0. The van der Waals surface area contributed by atoms with Crippen LogP contribution in [-0.2, 0) is 4.79 Å². The summed E-state index contributed by atoms with van der Waals surface area (Å²) in [5.74, 6) is 0.289. The van der Waals surface area contributed by atoms with Crippen LogP contribution in [0.15, 0.2) is 0 Å². The number of carbonyl (C=O) groups is 2. The molecule has 3 aliphatic rings. The van der Waals surface area contributed by atoms with Gasteiger partial charge in [-0.1, -0.05) is 13.3 Å². The third-order valence-electron chi connectivity index (χ3n) is 5.32. The molecule has 0 aromatic carbocycles. The summed E-state index contributed by atoms with van der Waals surface area (Å²) in [7, 11) is 0. The fourth-order valence-corrected chi connectivity index (χ4v) is 4.36. The molecule has 0 bridgehead atoms. The minimum atomic E-state index is -0.821. The molecular weight excluding hydrogens is 256 g/mol. The van der Waals surface area contributed by atoms with Gasteiger partial charge in [-0.15, -0.1) is 0 Å². The van der Waals surface area contributed by atoms with Gasteiger partial charge >= 0.3 is 12.0 Å². The monoisotopic (exact) mass is 280 g/mol. The molecule has 3 rings (SSSR count). The van der Waals surface area contributed by atoms with Crippen molar-refractivity contribution in [2.24, 2.45) is 17.8 Å². The fraction of sp³-hybridized carbons (Fsp3) is 0.867. The molecule has 0 radical (unpaired) electrons. The predicted octanol–water partition coefficient (Wildman–Crippen LogP) is 2.02. The molecule has 5 heteroatoms. The number of carboxylic acids is 1. The van der Waals surface area contributed by atoms with Crippen LogP contribution in [-0.4, -0.2) is 52.6 Å². The first-order chi connectivity index (χ1) is 9.58. The number of hydrogen-bond acceptors (Lipinski definition) is 2. The Balaban J connectivity index is 1.74. The van der Waals surface area contributed by atoms with Gasteiger partial charge in [0.1, 0.15) is 6.04 Å². The molecular formula is C15H24N2O3. The number of amides is 2.